The van der Waals surface area contributed by atoms with Crippen molar-refractivity contribution in [3.8, 4) is 0 Å². The van der Waals surface area contributed by atoms with Crippen LogP contribution in [0.25, 0.3) is 0 Å². The van der Waals surface area contributed by atoms with Gasteiger partial charge in [-0.15, -0.1) is 0 Å². The average Bonchev–Trinajstić information content (AvgIpc) is 3.05. The van der Waals surface area contributed by atoms with Crippen molar-refractivity contribution in [2.45, 2.75) is 168 Å². The fourth-order valence-electron chi connectivity index (χ4n) is 9.49. The molecule has 3 aromatic rings. The number of rotatable bonds is 14. The first-order valence-corrected chi connectivity index (χ1v) is 20.0. The van der Waals surface area contributed by atoms with Gasteiger partial charge in [0.2, 0.25) is 17.2 Å². The second-order valence-electron chi connectivity index (χ2n) is 17.8. The van der Waals surface area contributed by atoms with Gasteiger partial charge in [0.15, 0.2) is 0 Å². The van der Waals surface area contributed by atoms with Gasteiger partial charge >= 0.3 is 0 Å². The summed E-state index contributed by atoms with van der Waals surface area (Å²) in [5.74, 6) is 1.46. The molecule has 7 nitrogen and oxygen atoms in total. The van der Waals surface area contributed by atoms with Crippen LogP contribution in [0.2, 0.25) is 5.28 Å². The van der Waals surface area contributed by atoms with Gasteiger partial charge in [-0.05, 0) is 117 Å². The van der Waals surface area contributed by atoms with Crippen molar-refractivity contribution in [2.75, 3.05) is 22.9 Å². The van der Waals surface area contributed by atoms with Crippen LogP contribution in [0.3, 0.4) is 0 Å². The zero-order valence-corrected chi connectivity index (χ0v) is 34.2. The Labute approximate surface area is 315 Å². The van der Waals surface area contributed by atoms with Crippen LogP contribution >= 0.6 is 11.6 Å². The lowest BCUT2D eigenvalue weighted by Crippen LogP contribution is -2.64. The minimum Gasteiger partial charge on any atom is -0.338 e. The maximum absolute atomic E-state index is 6.90. The second kappa shape index (κ2) is 16.1. The normalized spacial score (nSPS) is 20.7. The molecule has 2 fully saturated rings. The van der Waals surface area contributed by atoms with E-state index in [0.717, 1.165) is 89.4 Å². The Kier molecular flexibility index (Phi) is 12.5. The summed E-state index contributed by atoms with van der Waals surface area (Å²) in [7, 11) is 0. The number of unbranched alkanes of at least 4 members (excludes halogenated alkanes) is 2. The lowest BCUT2D eigenvalue weighted by molar-refractivity contribution is -0.0433. The van der Waals surface area contributed by atoms with Crippen molar-refractivity contribution < 1.29 is 0 Å². The molecule has 1 aromatic heterocycles. The molecule has 0 atom stereocenters. The molecular formula is C43H66ClN7. The summed E-state index contributed by atoms with van der Waals surface area (Å²) in [6, 6.07) is 22.4. The van der Waals surface area contributed by atoms with E-state index in [4.69, 9.17) is 26.6 Å². The van der Waals surface area contributed by atoms with Crippen molar-refractivity contribution >= 4 is 23.5 Å². The minimum atomic E-state index is -0.0234. The van der Waals surface area contributed by atoms with Gasteiger partial charge < -0.3 is 9.80 Å². The minimum absolute atomic E-state index is 0.0234. The SMILES string of the molecule is CCCCN(c1nc(Cl)nc(N(CCCC)C2CC(C)(C)N(Cc3ccccc3)C(C)(C)C2)n1)C1CC(C)(C)N(Cc2ccccc2)C(C)(C)C1. The Hall–Kier alpha value is -2.74. The molecule has 8 heteroatoms. The number of halogens is 1. The maximum Gasteiger partial charge on any atom is 0.231 e. The number of aromatic nitrogens is 3. The fourth-order valence-corrected chi connectivity index (χ4v) is 9.65. The summed E-state index contributed by atoms with van der Waals surface area (Å²) in [4.78, 5) is 25.5. The number of hydrogen-bond donors (Lipinski definition) is 0. The van der Waals surface area contributed by atoms with Crippen molar-refractivity contribution in [2.24, 2.45) is 0 Å². The molecule has 5 rings (SSSR count). The number of benzene rings is 2. The lowest BCUT2D eigenvalue weighted by atomic mass is 9.76. The predicted molar refractivity (Wildman–Crippen MR) is 216 cm³/mol. The van der Waals surface area contributed by atoms with Crippen molar-refractivity contribution in [3.05, 3.63) is 77.1 Å². The van der Waals surface area contributed by atoms with E-state index in [1.54, 1.807) is 0 Å². The average molecular weight is 717 g/mol. The Morgan fingerprint density at radius 1 is 0.569 bits per heavy atom. The maximum atomic E-state index is 6.90. The molecule has 2 aliphatic rings. The monoisotopic (exact) mass is 716 g/mol. The fraction of sp³-hybridized carbons (Fsp3) is 0.651. The molecule has 280 valence electrons. The third-order valence-electron chi connectivity index (χ3n) is 11.7. The van der Waals surface area contributed by atoms with Gasteiger partial charge in [-0.2, -0.15) is 15.0 Å². The molecule has 0 radical (unpaired) electrons. The second-order valence-corrected chi connectivity index (χ2v) is 18.2. The molecule has 0 N–H and O–H groups in total. The summed E-state index contributed by atoms with van der Waals surface area (Å²) < 4.78 is 0. The van der Waals surface area contributed by atoms with Crippen LogP contribution in [0.15, 0.2) is 60.7 Å². The van der Waals surface area contributed by atoms with Gasteiger partial charge in [0.05, 0.1) is 0 Å². The third-order valence-corrected chi connectivity index (χ3v) is 11.9. The Balaban J connectivity index is 1.46. The number of anilines is 2. The smallest absolute Gasteiger partial charge is 0.231 e. The molecule has 0 aliphatic carbocycles. The molecule has 0 spiro atoms. The van der Waals surface area contributed by atoms with Gasteiger partial charge in [0, 0.05) is 60.4 Å². The van der Waals surface area contributed by atoms with E-state index < -0.39 is 0 Å². The molecule has 2 aliphatic heterocycles. The largest absolute Gasteiger partial charge is 0.338 e. The Morgan fingerprint density at radius 2 is 0.902 bits per heavy atom. The van der Waals surface area contributed by atoms with Crippen LogP contribution in [0.4, 0.5) is 11.9 Å². The molecule has 0 bridgehead atoms. The highest BCUT2D eigenvalue weighted by Crippen LogP contribution is 2.44. The molecule has 0 unspecified atom stereocenters. The van der Waals surface area contributed by atoms with Crippen LogP contribution in [0.1, 0.15) is 132 Å². The Morgan fingerprint density at radius 3 is 1.22 bits per heavy atom. The van der Waals surface area contributed by atoms with E-state index in [9.17, 15) is 0 Å². The molecule has 2 aromatic carbocycles. The van der Waals surface area contributed by atoms with Crippen LogP contribution in [-0.2, 0) is 13.1 Å². The highest BCUT2D eigenvalue weighted by molar-refractivity contribution is 6.28. The zero-order valence-electron chi connectivity index (χ0n) is 33.4. The summed E-state index contributed by atoms with van der Waals surface area (Å²) >= 11 is 6.90. The van der Waals surface area contributed by atoms with Gasteiger partial charge in [-0.25, -0.2) is 0 Å². The lowest BCUT2D eigenvalue weighted by Gasteiger charge is -2.57. The Bertz CT molecular complexity index is 1390. The number of nitrogens with zero attached hydrogens (tertiary/aromatic N) is 7. The van der Waals surface area contributed by atoms with Crippen LogP contribution in [0.5, 0.6) is 0 Å². The number of hydrogen-bond acceptors (Lipinski definition) is 7. The van der Waals surface area contributed by atoms with E-state index in [0.29, 0.717) is 0 Å². The van der Waals surface area contributed by atoms with Gasteiger partial charge in [0.25, 0.3) is 0 Å². The van der Waals surface area contributed by atoms with Crippen LogP contribution < -0.4 is 9.80 Å². The molecule has 3 heterocycles. The van der Waals surface area contributed by atoms with Gasteiger partial charge in [-0.3, -0.25) is 9.80 Å². The van der Waals surface area contributed by atoms with Gasteiger partial charge in [-0.1, -0.05) is 87.4 Å². The topological polar surface area (TPSA) is 51.6 Å². The van der Waals surface area contributed by atoms with Crippen LogP contribution in [0, 0.1) is 0 Å². The first-order chi connectivity index (χ1) is 24.1. The van der Waals surface area contributed by atoms with E-state index in [2.05, 4.69) is 150 Å². The van der Waals surface area contributed by atoms with Crippen molar-refractivity contribution in [1.29, 1.82) is 0 Å². The quantitative estimate of drug-likeness (QED) is 0.165. The van der Waals surface area contributed by atoms with E-state index >= 15 is 0 Å². The molecular weight excluding hydrogens is 650 g/mol. The first kappa shape index (κ1) is 39.5. The highest BCUT2D eigenvalue weighted by atomic mass is 35.5. The van der Waals surface area contributed by atoms with Crippen LogP contribution in [-0.4, -0.2) is 72.1 Å². The summed E-state index contributed by atoms with van der Waals surface area (Å²) in [5.41, 5.74) is 2.63. The van der Waals surface area contributed by atoms with Crippen molar-refractivity contribution in [1.82, 2.24) is 24.8 Å². The predicted octanol–water partition coefficient (Wildman–Crippen LogP) is 10.2. The summed E-state index contributed by atoms with van der Waals surface area (Å²) in [5, 5.41) is 0.290. The standard InChI is InChI=1S/C43H66ClN7/c1-11-13-25-48(35-27-40(3,4)50(41(5,6)28-35)31-33-21-17-15-18-22-33)38-45-37(44)46-39(47-38)49(26-14-12-2)36-29-42(7,8)51(43(9,10)30-36)32-34-23-19-16-20-24-34/h15-24,35-36H,11-14,25-32H2,1-10H3. The van der Waals surface area contributed by atoms with E-state index in [1.165, 1.54) is 11.1 Å². The first-order valence-electron chi connectivity index (χ1n) is 19.6. The highest BCUT2D eigenvalue weighted by Gasteiger charge is 2.49. The van der Waals surface area contributed by atoms with E-state index in [-0.39, 0.29) is 39.5 Å². The molecule has 0 amide bonds. The number of piperidine rings is 2. The van der Waals surface area contributed by atoms with Gasteiger partial charge in [0.1, 0.15) is 0 Å². The summed E-state index contributed by atoms with van der Waals surface area (Å²) in [6.45, 7) is 27.5. The van der Waals surface area contributed by atoms with E-state index in [1.807, 2.05) is 0 Å². The zero-order chi connectivity index (χ0) is 37.0. The van der Waals surface area contributed by atoms with Crippen molar-refractivity contribution in [3.63, 3.8) is 0 Å². The molecule has 0 saturated carbocycles. The molecule has 51 heavy (non-hydrogen) atoms. The summed E-state index contributed by atoms with van der Waals surface area (Å²) in [6.07, 6.45) is 8.45. The number of likely N-dealkylation sites (tertiary alicyclic amines) is 2. The third kappa shape index (κ3) is 9.44. The molecule has 2 saturated heterocycles.